The fraction of sp³-hybridized carbons (Fsp3) is 0.308. The zero-order valence-electron chi connectivity index (χ0n) is 11.6. The number of rotatable bonds is 5. The molecule has 0 aliphatic carbocycles. The van der Waals surface area contributed by atoms with Crippen LogP contribution in [0.3, 0.4) is 0 Å². The summed E-state index contributed by atoms with van der Waals surface area (Å²) < 4.78 is 6.59. The molecule has 0 radical (unpaired) electrons. The summed E-state index contributed by atoms with van der Waals surface area (Å²) in [6.07, 6.45) is 3.36. The molecular formula is C13H18Cl2N4O2. The van der Waals surface area contributed by atoms with Gasteiger partial charge < -0.3 is 10.5 Å². The smallest absolute Gasteiger partial charge is 0.356 e. The Labute approximate surface area is 135 Å². The van der Waals surface area contributed by atoms with E-state index < -0.39 is 0 Å². The van der Waals surface area contributed by atoms with Crippen LogP contribution in [0.5, 0.6) is 0 Å². The number of nitrogens with two attached hydrogens (primary N) is 1. The molecule has 116 valence electrons. The lowest BCUT2D eigenvalue weighted by Crippen LogP contribution is -2.17. The molecule has 6 nitrogen and oxygen atoms in total. The van der Waals surface area contributed by atoms with Crippen molar-refractivity contribution in [1.82, 2.24) is 14.8 Å². The molecule has 0 amide bonds. The van der Waals surface area contributed by atoms with Gasteiger partial charge >= 0.3 is 5.97 Å². The monoisotopic (exact) mass is 332 g/mol. The first-order chi connectivity index (χ1) is 9.26. The summed E-state index contributed by atoms with van der Waals surface area (Å²) in [4.78, 5) is 15.8. The fourth-order valence-corrected chi connectivity index (χ4v) is 1.74. The van der Waals surface area contributed by atoms with Gasteiger partial charge in [0, 0.05) is 24.5 Å². The van der Waals surface area contributed by atoms with Crippen LogP contribution in [-0.2, 0) is 11.3 Å². The quantitative estimate of drug-likeness (QED) is 0.846. The minimum absolute atomic E-state index is 0. The number of hydrogen-bond acceptors (Lipinski definition) is 5. The summed E-state index contributed by atoms with van der Waals surface area (Å²) in [5, 5.41) is 4.38. The third kappa shape index (κ3) is 4.70. The van der Waals surface area contributed by atoms with Crippen LogP contribution < -0.4 is 5.73 Å². The summed E-state index contributed by atoms with van der Waals surface area (Å²) in [5.41, 5.74) is 7.55. The van der Waals surface area contributed by atoms with Gasteiger partial charge in [-0.1, -0.05) is 0 Å². The average Bonchev–Trinajstić information content (AvgIpc) is 2.85. The van der Waals surface area contributed by atoms with Crippen molar-refractivity contribution >= 4 is 30.8 Å². The maximum Gasteiger partial charge on any atom is 0.356 e. The zero-order chi connectivity index (χ0) is 13.7. The largest absolute Gasteiger partial charge is 0.461 e. The van der Waals surface area contributed by atoms with E-state index in [0.29, 0.717) is 31.1 Å². The Morgan fingerprint density at radius 3 is 2.57 bits per heavy atom. The highest BCUT2D eigenvalue weighted by Crippen LogP contribution is 2.18. The summed E-state index contributed by atoms with van der Waals surface area (Å²) in [6.45, 7) is 2.98. The van der Waals surface area contributed by atoms with Crippen molar-refractivity contribution in [2.75, 3.05) is 13.2 Å². The van der Waals surface area contributed by atoms with E-state index in [1.165, 1.54) is 0 Å². The second-order valence-electron chi connectivity index (χ2n) is 3.88. The first kappa shape index (κ1) is 19.4. The van der Waals surface area contributed by atoms with Gasteiger partial charge in [0.15, 0.2) is 0 Å². The van der Waals surface area contributed by atoms with E-state index in [2.05, 4.69) is 10.1 Å². The highest BCUT2D eigenvalue weighted by atomic mass is 35.5. The van der Waals surface area contributed by atoms with E-state index in [9.17, 15) is 4.79 Å². The van der Waals surface area contributed by atoms with Crippen LogP contribution >= 0.6 is 24.8 Å². The lowest BCUT2D eigenvalue weighted by molar-refractivity contribution is 0.0512. The molecule has 0 aliphatic heterocycles. The minimum atomic E-state index is -0.385. The van der Waals surface area contributed by atoms with Gasteiger partial charge in [-0.25, -0.2) is 4.79 Å². The van der Waals surface area contributed by atoms with Crippen molar-refractivity contribution in [1.29, 1.82) is 0 Å². The molecule has 2 N–H and O–H groups in total. The Hall–Kier alpha value is -1.63. The molecule has 0 spiro atoms. The molecular weight excluding hydrogens is 315 g/mol. The van der Waals surface area contributed by atoms with Crippen LogP contribution in [0, 0.1) is 0 Å². The van der Waals surface area contributed by atoms with Gasteiger partial charge in [-0.3, -0.25) is 9.67 Å². The molecule has 0 unspecified atom stereocenters. The van der Waals surface area contributed by atoms with Crippen molar-refractivity contribution in [2.45, 2.75) is 13.5 Å². The first-order valence-electron chi connectivity index (χ1n) is 6.11. The molecule has 0 saturated carbocycles. The van der Waals surface area contributed by atoms with E-state index in [-0.39, 0.29) is 30.8 Å². The number of nitrogens with zero attached hydrogens (tertiary/aromatic N) is 3. The van der Waals surface area contributed by atoms with Gasteiger partial charge in [0.1, 0.15) is 5.69 Å². The van der Waals surface area contributed by atoms with Gasteiger partial charge in [-0.15, -0.1) is 24.8 Å². The van der Waals surface area contributed by atoms with Gasteiger partial charge in [0.25, 0.3) is 0 Å². The summed E-state index contributed by atoms with van der Waals surface area (Å²) in [7, 11) is 0. The second-order valence-corrected chi connectivity index (χ2v) is 3.88. The highest BCUT2D eigenvalue weighted by molar-refractivity contribution is 5.89. The molecule has 2 aromatic heterocycles. The van der Waals surface area contributed by atoms with E-state index in [1.54, 1.807) is 30.1 Å². The summed E-state index contributed by atoms with van der Waals surface area (Å²) >= 11 is 0. The molecule has 0 saturated heterocycles. The maximum atomic E-state index is 11.8. The Morgan fingerprint density at radius 1 is 1.33 bits per heavy atom. The van der Waals surface area contributed by atoms with Gasteiger partial charge in [0.05, 0.1) is 18.8 Å². The van der Waals surface area contributed by atoms with E-state index >= 15 is 0 Å². The van der Waals surface area contributed by atoms with Crippen molar-refractivity contribution in [3.05, 3.63) is 36.3 Å². The maximum absolute atomic E-state index is 11.8. The number of hydrogen-bond donors (Lipinski definition) is 1. The van der Waals surface area contributed by atoms with E-state index in [0.717, 1.165) is 5.56 Å². The van der Waals surface area contributed by atoms with Crippen molar-refractivity contribution in [3.8, 4) is 11.3 Å². The molecule has 8 heteroatoms. The van der Waals surface area contributed by atoms with Crippen LogP contribution in [0.1, 0.15) is 17.4 Å². The summed E-state index contributed by atoms with van der Waals surface area (Å²) in [6, 6.07) is 5.39. The molecule has 21 heavy (non-hydrogen) atoms. The van der Waals surface area contributed by atoms with Crippen molar-refractivity contribution in [2.24, 2.45) is 5.73 Å². The lowest BCUT2D eigenvalue weighted by atomic mass is 10.2. The Morgan fingerprint density at radius 2 is 2.00 bits per heavy atom. The molecule has 2 rings (SSSR count). The van der Waals surface area contributed by atoms with Crippen LogP contribution in [0.25, 0.3) is 11.3 Å². The van der Waals surface area contributed by atoms with Gasteiger partial charge in [-0.05, 0) is 25.1 Å². The molecule has 0 fully saturated rings. The molecule has 2 heterocycles. The first-order valence-corrected chi connectivity index (χ1v) is 6.11. The molecule has 0 aromatic carbocycles. The number of carbonyl (C=O) groups excluding carboxylic acids is 1. The van der Waals surface area contributed by atoms with Crippen molar-refractivity contribution < 1.29 is 9.53 Å². The third-order valence-corrected chi connectivity index (χ3v) is 2.58. The fourth-order valence-electron chi connectivity index (χ4n) is 1.74. The number of pyridine rings is 1. The van der Waals surface area contributed by atoms with E-state index in [4.69, 9.17) is 10.5 Å². The number of carbonyl (C=O) groups is 1. The number of halogens is 2. The van der Waals surface area contributed by atoms with E-state index in [1.807, 2.05) is 12.1 Å². The number of ether oxygens (including phenoxy) is 1. The average molecular weight is 333 g/mol. The Kier molecular flexibility index (Phi) is 8.61. The van der Waals surface area contributed by atoms with Crippen LogP contribution in [0.15, 0.2) is 30.6 Å². The standard InChI is InChI=1S/C13H16N4O2.2ClH/c1-2-19-13(18)12-9-11(16-17(12)8-5-14)10-3-6-15-7-4-10;;/h3-4,6-7,9H,2,5,8,14H2,1H3;2*1H. The minimum Gasteiger partial charge on any atom is -0.461 e. The highest BCUT2D eigenvalue weighted by Gasteiger charge is 2.16. The van der Waals surface area contributed by atoms with Crippen molar-refractivity contribution in [3.63, 3.8) is 0 Å². The van der Waals surface area contributed by atoms with Crippen LogP contribution in [-0.4, -0.2) is 33.9 Å². The van der Waals surface area contributed by atoms with Gasteiger partial charge in [0.2, 0.25) is 0 Å². The predicted molar refractivity (Wildman–Crippen MR) is 85.0 cm³/mol. The number of aromatic nitrogens is 3. The van der Waals surface area contributed by atoms with Crippen LogP contribution in [0.4, 0.5) is 0 Å². The Balaban J connectivity index is 0.00000200. The number of esters is 1. The zero-order valence-corrected chi connectivity index (χ0v) is 13.2. The predicted octanol–water partition coefficient (Wildman–Crippen LogP) is 1.92. The lowest BCUT2D eigenvalue weighted by Gasteiger charge is -2.04. The molecule has 2 aromatic rings. The third-order valence-electron chi connectivity index (χ3n) is 2.58. The Bertz CT molecular complexity index is 561. The molecule has 0 atom stereocenters. The summed E-state index contributed by atoms with van der Waals surface area (Å²) in [5.74, 6) is -0.385. The second kappa shape index (κ2) is 9.33. The normalized spacial score (nSPS) is 9.43. The topological polar surface area (TPSA) is 83.0 Å². The molecule has 0 bridgehead atoms. The van der Waals surface area contributed by atoms with Gasteiger partial charge in [-0.2, -0.15) is 5.10 Å². The SMILES string of the molecule is CCOC(=O)c1cc(-c2ccncc2)nn1CCN.Cl.Cl. The van der Waals surface area contributed by atoms with Crippen LogP contribution in [0.2, 0.25) is 0 Å². The molecule has 0 aliphatic rings.